The molecule has 1 aromatic rings. The van der Waals surface area contributed by atoms with Gasteiger partial charge in [0.05, 0.1) is 0 Å². The van der Waals surface area contributed by atoms with E-state index < -0.39 is 17.6 Å². The fraction of sp³-hybridized carbons (Fsp3) is 0.471. The first-order chi connectivity index (χ1) is 10.1. The molecule has 1 N–H and O–H groups in total. The maximum absolute atomic E-state index is 13.3. The highest BCUT2D eigenvalue weighted by Gasteiger charge is 2.22. The Morgan fingerprint density at radius 2 is 1.90 bits per heavy atom. The van der Waals surface area contributed by atoms with Crippen molar-refractivity contribution in [1.82, 2.24) is 0 Å². The van der Waals surface area contributed by atoms with Crippen LogP contribution in [0, 0.1) is 17.6 Å². The number of carbonyl (C=O) groups is 1. The fourth-order valence-electron chi connectivity index (χ4n) is 3.07. The van der Waals surface area contributed by atoms with E-state index in [4.69, 9.17) is 5.11 Å². The molecule has 0 unspecified atom stereocenters. The molecule has 0 spiro atoms. The van der Waals surface area contributed by atoms with Crippen molar-refractivity contribution in [3.63, 3.8) is 0 Å². The summed E-state index contributed by atoms with van der Waals surface area (Å²) in [6, 6.07) is 4.20. The molecular weight excluding hydrogens is 274 g/mol. The van der Waals surface area contributed by atoms with Crippen LogP contribution in [0.2, 0.25) is 0 Å². The SMILES string of the molecule is O=C(O)/C=C/CC[C@H]1CC[C@H](c2ccc(F)c(F)c2)CC1. The molecule has 114 valence electrons. The van der Waals surface area contributed by atoms with Crippen LogP contribution >= 0.6 is 0 Å². The highest BCUT2D eigenvalue weighted by Crippen LogP contribution is 2.37. The van der Waals surface area contributed by atoms with E-state index in [2.05, 4.69) is 0 Å². The number of aliphatic carboxylic acids is 1. The minimum atomic E-state index is -0.906. The number of hydrogen-bond acceptors (Lipinski definition) is 1. The lowest BCUT2D eigenvalue weighted by Crippen LogP contribution is -2.13. The van der Waals surface area contributed by atoms with Gasteiger partial charge in [0.1, 0.15) is 0 Å². The van der Waals surface area contributed by atoms with Gasteiger partial charge in [-0.2, -0.15) is 0 Å². The van der Waals surface area contributed by atoms with Crippen LogP contribution in [0.25, 0.3) is 0 Å². The minimum absolute atomic E-state index is 0.311. The van der Waals surface area contributed by atoms with Gasteiger partial charge in [0.25, 0.3) is 0 Å². The van der Waals surface area contributed by atoms with Gasteiger partial charge in [0.15, 0.2) is 11.6 Å². The van der Waals surface area contributed by atoms with E-state index in [9.17, 15) is 13.6 Å². The predicted molar refractivity (Wildman–Crippen MR) is 77.1 cm³/mol. The Labute approximate surface area is 123 Å². The summed E-state index contributed by atoms with van der Waals surface area (Å²) in [7, 11) is 0. The van der Waals surface area contributed by atoms with Crippen LogP contribution in [0.15, 0.2) is 30.4 Å². The number of benzene rings is 1. The third kappa shape index (κ3) is 4.66. The molecule has 0 amide bonds. The van der Waals surface area contributed by atoms with E-state index in [1.165, 1.54) is 18.2 Å². The number of allylic oxidation sites excluding steroid dienone is 1. The smallest absolute Gasteiger partial charge is 0.327 e. The van der Waals surface area contributed by atoms with Gasteiger partial charge >= 0.3 is 5.97 Å². The molecule has 1 saturated carbocycles. The number of carboxylic acid groups (broad SMARTS) is 1. The lowest BCUT2D eigenvalue weighted by Gasteiger charge is -2.28. The summed E-state index contributed by atoms with van der Waals surface area (Å²) >= 11 is 0. The molecule has 1 aliphatic carbocycles. The van der Waals surface area contributed by atoms with Gasteiger partial charge in [-0.15, -0.1) is 0 Å². The molecule has 0 atom stereocenters. The number of halogens is 2. The highest BCUT2D eigenvalue weighted by atomic mass is 19.2. The summed E-state index contributed by atoms with van der Waals surface area (Å²) in [5, 5.41) is 8.51. The van der Waals surface area contributed by atoms with Crippen molar-refractivity contribution >= 4 is 5.97 Å². The second-order valence-electron chi connectivity index (χ2n) is 5.71. The zero-order chi connectivity index (χ0) is 15.2. The molecule has 4 heteroatoms. The molecule has 1 fully saturated rings. The van der Waals surface area contributed by atoms with Crippen LogP contribution < -0.4 is 0 Å². The highest BCUT2D eigenvalue weighted by molar-refractivity contribution is 5.79. The first-order valence-electron chi connectivity index (χ1n) is 7.40. The zero-order valence-corrected chi connectivity index (χ0v) is 11.9. The second-order valence-corrected chi connectivity index (χ2v) is 5.71. The Balaban J connectivity index is 1.80. The molecule has 0 aromatic heterocycles. The summed E-state index contributed by atoms with van der Waals surface area (Å²) < 4.78 is 26.2. The number of rotatable bonds is 5. The number of hydrogen-bond donors (Lipinski definition) is 1. The van der Waals surface area contributed by atoms with Crippen molar-refractivity contribution in [2.24, 2.45) is 5.92 Å². The quantitative estimate of drug-likeness (QED) is 0.802. The molecule has 1 aromatic carbocycles. The summed E-state index contributed by atoms with van der Waals surface area (Å²) in [6.45, 7) is 0. The third-order valence-electron chi connectivity index (χ3n) is 4.26. The van der Waals surface area contributed by atoms with Gasteiger partial charge in [0.2, 0.25) is 0 Å². The molecule has 21 heavy (non-hydrogen) atoms. The summed E-state index contributed by atoms with van der Waals surface area (Å²) in [6.07, 6.45) is 8.75. The van der Waals surface area contributed by atoms with Gasteiger partial charge in [0, 0.05) is 6.08 Å². The first-order valence-corrected chi connectivity index (χ1v) is 7.40. The molecule has 1 aliphatic rings. The van der Waals surface area contributed by atoms with Gasteiger partial charge in [-0.3, -0.25) is 0 Å². The Morgan fingerprint density at radius 1 is 1.19 bits per heavy atom. The summed E-state index contributed by atoms with van der Waals surface area (Å²) in [5.74, 6) is -1.56. The van der Waals surface area contributed by atoms with Crippen molar-refractivity contribution in [3.05, 3.63) is 47.5 Å². The topological polar surface area (TPSA) is 37.3 Å². The van der Waals surface area contributed by atoms with E-state index in [-0.39, 0.29) is 0 Å². The van der Waals surface area contributed by atoms with Crippen molar-refractivity contribution in [2.45, 2.75) is 44.4 Å². The van der Waals surface area contributed by atoms with Gasteiger partial charge in [-0.1, -0.05) is 12.1 Å². The van der Waals surface area contributed by atoms with Crippen molar-refractivity contribution in [3.8, 4) is 0 Å². The van der Waals surface area contributed by atoms with Gasteiger partial charge in [-0.25, -0.2) is 13.6 Å². The van der Waals surface area contributed by atoms with E-state index >= 15 is 0 Å². The first kappa shape index (κ1) is 15.7. The predicted octanol–water partition coefficient (Wildman–Crippen LogP) is 4.66. The van der Waals surface area contributed by atoms with Gasteiger partial charge < -0.3 is 5.11 Å². The maximum Gasteiger partial charge on any atom is 0.327 e. The van der Waals surface area contributed by atoms with E-state index in [1.807, 2.05) is 0 Å². The van der Waals surface area contributed by atoms with Crippen LogP contribution in [-0.2, 0) is 4.79 Å². The Bertz CT molecular complexity index is 518. The lowest BCUT2D eigenvalue weighted by atomic mass is 9.77. The normalized spacial score (nSPS) is 22.6. The maximum atomic E-state index is 13.3. The largest absolute Gasteiger partial charge is 0.478 e. The van der Waals surface area contributed by atoms with Crippen LogP contribution in [0.4, 0.5) is 8.78 Å². The van der Waals surface area contributed by atoms with E-state index in [0.29, 0.717) is 11.8 Å². The summed E-state index contributed by atoms with van der Waals surface area (Å²) in [4.78, 5) is 10.4. The van der Waals surface area contributed by atoms with Crippen molar-refractivity contribution in [2.75, 3.05) is 0 Å². The molecular formula is C17H20F2O2. The van der Waals surface area contributed by atoms with Crippen LogP contribution in [0.3, 0.4) is 0 Å². The molecule has 0 aliphatic heterocycles. The zero-order valence-electron chi connectivity index (χ0n) is 11.9. The van der Waals surface area contributed by atoms with Crippen LogP contribution in [0.1, 0.15) is 50.0 Å². The standard InChI is InChI=1S/C17H20F2O2/c18-15-10-9-14(11-16(15)19)13-7-5-12(6-8-13)3-1-2-4-17(20)21/h2,4,9-13H,1,3,5-8H2,(H,20,21)/b4-2+/t12-,13-. The molecule has 0 saturated heterocycles. The summed E-state index contributed by atoms with van der Waals surface area (Å²) in [5.41, 5.74) is 0.887. The molecule has 2 rings (SSSR count). The fourth-order valence-corrected chi connectivity index (χ4v) is 3.07. The molecule has 0 bridgehead atoms. The van der Waals surface area contributed by atoms with Crippen molar-refractivity contribution in [1.29, 1.82) is 0 Å². The monoisotopic (exact) mass is 294 g/mol. The Kier molecular flexibility index (Phi) is 5.48. The van der Waals surface area contributed by atoms with E-state index in [1.54, 1.807) is 12.1 Å². The molecule has 0 radical (unpaired) electrons. The Morgan fingerprint density at radius 3 is 2.52 bits per heavy atom. The third-order valence-corrected chi connectivity index (χ3v) is 4.26. The minimum Gasteiger partial charge on any atom is -0.478 e. The average molecular weight is 294 g/mol. The Hall–Kier alpha value is -1.71. The van der Waals surface area contributed by atoms with E-state index in [0.717, 1.165) is 44.1 Å². The van der Waals surface area contributed by atoms with Gasteiger partial charge in [-0.05, 0) is 68.1 Å². The number of carboxylic acids is 1. The molecule has 2 nitrogen and oxygen atoms in total. The van der Waals surface area contributed by atoms with Crippen LogP contribution in [0.5, 0.6) is 0 Å². The second kappa shape index (κ2) is 7.34. The molecule has 0 heterocycles. The van der Waals surface area contributed by atoms with Crippen molar-refractivity contribution < 1.29 is 18.7 Å². The lowest BCUT2D eigenvalue weighted by molar-refractivity contribution is -0.131. The average Bonchev–Trinajstić information content (AvgIpc) is 2.47. The van der Waals surface area contributed by atoms with Crippen LogP contribution in [-0.4, -0.2) is 11.1 Å².